The molecular weight excluding hydrogens is 416 g/mol. The first kappa shape index (κ1) is 24.3. The van der Waals surface area contributed by atoms with E-state index in [9.17, 15) is 0 Å². The van der Waals surface area contributed by atoms with E-state index in [2.05, 4.69) is 87.3 Å². The van der Waals surface area contributed by atoms with Gasteiger partial charge in [-0.3, -0.25) is 4.68 Å². The zero-order valence-electron chi connectivity index (χ0n) is 20.3. The lowest BCUT2D eigenvalue weighted by atomic mass is 9.95. The Labute approximate surface area is 194 Å². The lowest BCUT2D eigenvalue weighted by Gasteiger charge is -2.36. The van der Waals surface area contributed by atoms with E-state index in [1.807, 2.05) is 0 Å². The minimum atomic E-state index is -1.67. The highest BCUT2D eigenvalue weighted by Crippen LogP contribution is 2.37. The number of hydrogen-bond donors (Lipinski definition) is 0. The third-order valence-corrected chi connectivity index (χ3v) is 12.2. The molecule has 0 aliphatic heterocycles. The fraction of sp³-hybridized carbons (Fsp3) is 0.577. The molecule has 3 nitrogen and oxygen atoms in total. The first-order valence-electron chi connectivity index (χ1n) is 11.8. The van der Waals surface area contributed by atoms with Gasteiger partial charge in [0.05, 0.1) is 17.4 Å². The van der Waals surface area contributed by atoms with Gasteiger partial charge in [0.2, 0.25) is 0 Å². The second-order valence-corrected chi connectivity index (χ2v) is 15.9. The van der Waals surface area contributed by atoms with Gasteiger partial charge in [0.15, 0.2) is 8.32 Å². The fourth-order valence-electron chi connectivity index (χ4n) is 3.88. The molecule has 1 aliphatic carbocycles. The Hall–Kier alpha value is -1.30. The quantitative estimate of drug-likeness (QED) is 0.227. The van der Waals surface area contributed by atoms with Crippen LogP contribution in [0.4, 0.5) is 0 Å². The van der Waals surface area contributed by atoms with Gasteiger partial charge in [0, 0.05) is 11.5 Å². The van der Waals surface area contributed by atoms with Crippen LogP contribution in [0, 0.1) is 0 Å². The van der Waals surface area contributed by atoms with Gasteiger partial charge in [-0.2, -0.15) is 5.10 Å². The number of aromatic nitrogens is 2. The molecule has 1 heterocycles. The van der Waals surface area contributed by atoms with Crippen molar-refractivity contribution < 1.29 is 4.43 Å². The maximum absolute atomic E-state index is 6.31. The molecule has 1 aromatic heterocycles. The van der Waals surface area contributed by atoms with Crippen molar-refractivity contribution in [1.29, 1.82) is 0 Å². The molecule has 5 heteroatoms. The second kappa shape index (κ2) is 10.5. The van der Waals surface area contributed by atoms with Crippen molar-refractivity contribution >= 4 is 26.2 Å². The second-order valence-electron chi connectivity index (χ2n) is 10.2. The number of benzene rings is 1. The van der Waals surface area contributed by atoms with Crippen LogP contribution >= 0.6 is 11.8 Å². The van der Waals surface area contributed by atoms with Crippen molar-refractivity contribution in [1.82, 2.24) is 9.78 Å². The lowest BCUT2D eigenvalue weighted by molar-refractivity contribution is 0.294. The van der Waals surface area contributed by atoms with E-state index in [4.69, 9.17) is 9.52 Å². The minimum absolute atomic E-state index is 0.260. The van der Waals surface area contributed by atoms with Gasteiger partial charge in [-0.1, -0.05) is 58.2 Å². The molecule has 1 saturated carbocycles. The summed E-state index contributed by atoms with van der Waals surface area (Å²) in [4.78, 5) is 1.30. The lowest BCUT2D eigenvalue weighted by Crippen LogP contribution is -2.40. The average molecular weight is 457 g/mol. The number of thioether (sulfide) groups is 1. The standard InChI is InChI=1S/C26H40N2OSSi/c1-26(2,3)31(5,6)29-19-11-10-12-22-20-25(21-15-17-24(30-4)18-16-21)28(27-22)23-13-8-7-9-14-23/h10,12,15-18,20,23H,7-9,11,13-14,19H2,1-6H3. The Morgan fingerprint density at radius 1 is 1.13 bits per heavy atom. The Balaban J connectivity index is 1.73. The summed E-state index contributed by atoms with van der Waals surface area (Å²) in [5, 5.41) is 5.29. The molecule has 0 saturated heterocycles. The smallest absolute Gasteiger partial charge is 0.191 e. The molecule has 1 aromatic carbocycles. The molecule has 3 rings (SSSR count). The van der Waals surface area contributed by atoms with E-state index < -0.39 is 8.32 Å². The topological polar surface area (TPSA) is 27.1 Å². The van der Waals surface area contributed by atoms with Gasteiger partial charge in [-0.25, -0.2) is 0 Å². The fourth-order valence-corrected chi connectivity index (χ4v) is 5.35. The van der Waals surface area contributed by atoms with Crippen molar-refractivity contribution in [2.45, 2.75) is 88.4 Å². The van der Waals surface area contributed by atoms with E-state index in [-0.39, 0.29) is 5.04 Å². The molecule has 0 radical (unpaired) electrons. The molecule has 0 spiro atoms. The van der Waals surface area contributed by atoms with Gasteiger partial charge in [0.25, 0.3) is 0 Å². The van der Waals surface area contributed by atoms with E-state index in [1.165, 1.54) is 48.3 Å². The Morgan fingerprint density at radius 3 is 2.42 bits per heavy atom. The van der Waals surface area contributed by atoms with E-state index in [1.54, 1.807) is 11.8 Å². The van der Waals surface area contributed by atoms with E-state index in [0.29, 0.717) is 6.04 Å². The molecular formula is C26H40N2OSSi. The van der Waals surface area contributed by atoms with Crippen molar-refractivity contribution in [3.63, 3.8) is 0 Å². The van der Waals surface area contributed by atoms with Crippen molar-refractivity contribution in [2.24, 2.45) is 0 Å². The monoisotopic (exact) mass is 456 g/mol. The predicted molar refractivity (Wildman–Crippen MR) is 138 cm³/mol. The minimum Gasteiger partial charge on any atom is -0.417 e. The van der Waals surface area contributed by atoms with E-state index in [0.717, 1.165) is 18.7 Å². The molecule has 1 fully saturated rings. The van der Waals surface area contributed by atoms with Gasteiger partial charge in [-0.05, 0) is 73.5 Å². The number of hydrogen-bond acceptors (Lipinski definition) is 3. The molecule has 31 heavy (non-hydrogen) atoms. The molecule has 0 bridgehead atoms. The zero-order chi connectivity index (χ0) is 22.5. The summed E-state index contributed by atoms with van der Waals surface area (Å²) in [6.07, 6.45) is 13.9. The molecule has 0 atom stereocenters. The van der Waals surface area contributed by atoms with Crippen molar-refractivity contribution in [2.75, 3.05) is 12.9 Å². The van der Waals surface area contributed by atoms with Crippen LogP contribution < -0.4 is 0 Å². The molecule has 1 aliphatic rings. The predicted octanol–water partition coefficient (Wildman–Crippen LogP) is 8.20. The highest BCUT2D eigenvalue weighted by atomic mass is 32.2. The SMILES string of the molecule is CSc1ccc(-c2cc(C=CCCO[Si](C)(C)C(C)(C)C)nn2C2CCCCC2)cc1. The molecule has 0 amide bonds. The van der Waals surface area contributed by atoms with Crippen LogP contribution in [-0.2, 0) is 4.43 Å². The molecule has 0 N–H and O–H groups in total. The Kier molecular flexibility index (Phi) is 8.28. The summed E-state index contributed by atoms with van der Waals surface area (Å²) in [6, 6.07) is 11.7. The summed E-state index contributed by atoms with van der Waals surface area (Å²) in [5.41, 5.74) is 3.57. The largest absolute Gasteiger partial charge is 0.417 e. The van der Waals surface area contributed by atoms with Gasteiger partial charge >= 0.3 is 0 Å². The maximum atomic E-state index is 6.31. The van der Waals surface area contributed by atoms with Gasteiger partial charge in [0.1, 0.15) is 0 Å². The molecule has 0 unspecified atom stereocenters. The summed E-state index contributed by atoms with van der Waals surface area (Å²) >= 11 is 1.79. The van der Waals surface area contributed by atoms with Crippen molar-refractivity contribution in [3.05, 3.63) is 42.1 Å². The normalized spacial score (nSPS) is 16.3. The summed E-state index contributed by atoms with van der Waals surface area (Å²) < 4.78 is 8.61. The highest BCUT2D eigenvalue weighted by Gasteiger charge is 2.36. The zero-order valence-corrected chi connectivity index (χ0v) is 22.1. The van der Waals surface area contributed by atoms with Crippen molar-refractivity contribution in [3.8, 4) is 11.3 Å². The Bertz CT molecular complexity index is 859. The molecule has 170 valence electrons. The van der Waals surface area contributed by atoms with Gasteiger partial charge < -0.3 is 4.43 Å². The summed E-state index contributed by atoms with van der Waals surface area (Å²) in [5.74, 6) is 0. The first-order valence-corrected chi connectivity index (χ1v) is 15.9. The van der Waals surface area contributed by atoms with Crippen LogP contribution in [0.2, 0.25) is 18.1 Å². The third kappa shape index (κ3) is 6.36. The van der Waals surface area contributed by atoms with Crippen LogP contribution in [0.15, 0.2) is 41.3 Å². The van der Waals surface area contributed by atoms with Crippen LogP contribution in [-0.4, -0.2) is 31.0 Å². The third-order valence-electron chi connectivity index (χ3n) is 6.90. The first-order chi connectivity index (χ1) is 14.7. The number of rotatable bonds is 8. The van der Waals surface area contributed by atoms with Crippen LogP contribution in [0.1, 0.15) is 71.0 Å². The van der Waals surface area contributed by atoms with Crippen LogP contribution in [0.25, 0.3) is 17.3 Å². The average Bonchev–Trinajstić information content (AvgIpc) is 3.17. The van der Waals surface area contributed by atoms with Gasteiger partial charge in [-0.15, -0.1) is 11.8 Å². The van der Waals surface area contributed by atoms with E-state index >= 15 is 0 Å². The highest BCUT2D eigenvalue weighted by molar-refractivity contribution is 7.98. The maximum Gasteiger partial charge on any atom is 0.191 e. The Morgan fingerprint density at radius 2 is 1.81 bits per heavy atom. The number of nitrogens with zero attached hydrogens (tertiary/aromatic N) is 2. The van der Waals surface area contributed by atoms with Crippen LogP contribution in [0.3, 0.4) is 0 Å². The molecule has 2 aromatic rings. The van der Waals surface area contributed by atoms with Crippen LogP contribution in [0.5, 0.6) is 0 Å². The summed E-state index contributed by atoms with van der Waals surface area (Å²) in [7, 11) is -1.67. The summed E-state index contributed by atoms with van der Waals surface area (Å²) in [6.45, 7) is 12.3.